The topological polar surface area (TPSA) is 121 Å². The number of amides is 2. The summed E-state index contributed by atoms with van der Waals surface area (Å²) < 4.78 is 5.01. The zero-order valence-corrected chi connectivity index (χ0v) is 8.77. The van der Waals surface area contributed by atoms with Crippen LogP contribution in [0.25, 0.3) is 0 Å². The van der Waals surface area contributed by atoms with Crippen LogP contribution in [0.1, 0.15) is 11.5 Å². The number of hydrogen-bond acceptors (Lipinski definition) is 4. The van der Waals surface area contributed by atoms with Crippen molar-refractivity contribution in [2.75, 3.05) is 12.8 Å². The lowest BCUT2D eigenvalue weighted by Crippen LogP contribution is -2.33. The highest BCUT2D eigenvalue weighted by atomic mass is 16.5. The summed E-state index contributed by atoms with van der Waals surface area (Å²) in [6.45, 7) is 0. The first-order valence-electron chi connectivity index (χ1n) is 4.49. The first-order chi connectivity index (χ1) is 7.47. The molecule has 0 bridgehead atoms. The van der Waals surface area contributed by atoms with E-state index < -0.39 is 17.7 Å². The van der Waals surface area contributed by atoms with E-state index in [0.29, 0.717) is 11.4 Å². The minimum atomic E-state index is -1.24. The van der Waals surface area contributed by atoms with Crippen molar-refractivity contribution in [1.82, 2.24) is 0 Å². The van der Waals surface area contributed by atoms with Gasteiger partial charge in [-0.25, -0.2) is 0 Å². The van der Waals surface area contributed by atoms with Crippen molar-refractivity contribution in [3.05, 3.63) is 23.8 Å². The molecule has 0 saturated carbocycles. The molecular weight excluding hydrogens is 210 g/mol. The van der Waals surface area contributed by atoms with Crippen LogP contribution in [-0.2, 0) is 9.59 Å². The molecule has 0 radical (unpaired) electrons. The third kappa shape index (κ3) is 2.22. The molecule has 2 amide bonds. The Kier molecular flexibility index (Phi) is 3.34. The van der Waals surface area contributed by atoms with Crippen LogP contribution in [0, 0.1) is 0 Å². The van der Waals surface area contributed by atoms with Crippen molar-refractivity contribution in [3.63, 3.8) is 0 Å². The van der Waals surface area contributed by atoms with Gasteiger partial charge < -0.3 is 21.9 Å². The van der Waals surface area contributed by atoms with Crippen molar-refractivity contribution in [3.8, 4) is 5.75 Å². The number of nitrogen functional groups attached to an aromatic ring is 1. The lowest BCUT2D eigenvalue weighted by atomic mass is 9.96. The largest absolute Gasteiger partial charge is 0.496 e. The molecule has 6 heteroatoms. The molecule has 0 aromatic heterocycles. The second-order valence-electron chi connectivity index (χ2n) is 3.24. The Balaban J connectivity index is 3.32. The summed E-state index contributed by atoms with van der Waals surface area (Å²) >= 11 is 0. The number of anilines is 1. The number of hydrogen-bond donors (Lipinski definition) is 3. The number of methoxy groups -OCH3 is 1. The molecule has 1 aromatic rings. The Bertz CT molecular complexity index is 417. The summed E-state index contributed by atoms with van der Waals surface area (Å²) in [4.78, 5) is 22.3. The second kappa shape index (κ2) is 4.52. The minimum Gasteiger partial charge on any atom is -0.496 e. The summed E-state index contributed by atoms with van der Waals surface area (Å²) in [5, 5.41) is 0. The highest BCUT2D eigenvalue weighted by Crippen LogP contribution is 2.28. The molecule has 86 valence electrons. The average molecular weight is 223 g/mol. The Morgan fingerprint density at radius 1 is 1.25 bits per heavy atom. The molecule has 0 aliphatic rings. The molecule has 0 aliphatic carbocycles. The summed E-state index contributed by atoms with van der Waals surface area (Å²) in [6.07, 6.45) is 0. The molecule has 0 unspecified atom stereocenters. The van der Waals surface area contributed by atoms with Crippen molar-refractivity contribution < 1.29 is 14.3 Å². The molecule has 16 heavy (non-hydrogen) atoms. The molecule has 1 rings (SSSR count). The van der Waals surface area contributed by atoms with Crippen LogP contribution in [-0.4, -0.2) is 18.9 Å². The zero-order valence-electron chi connectivity index (χ0n) is 8.77. The van der Waals surface area contributed by atoms with Gasteiger partial charge in [0.15, 0.2) is 0 Å². The smallest absolute Gasteiger partial charge is 0.234 e. The van der Waals surface area contributed by atoms with Crippen LogP contribution < -0.4 is 21.9 Å². The molecule has 6 N–H and O–H groups in total. The van der Waals surface area contributed by atoms with E-state index in [1.807, 2.05) is 0 Å². The van der Waals surface area contributed by atoms with Crippen LogP contribution in [0.5, 0.6) is 5.75 Å². The van der Waals surface area contributed by atoms with Gasteiger partial charge in [-0.1, -0.05) is 0 Å². The van der Waals surface area contributed by atoms with Gasteiger partial charge >= 0.3 is 0 Å². The van der Waals surface area contributed by atoms with Gasteiger partial charge in [0, 0.05) is 11.3 Å². The van der Waals surface area contributed by atoms with E-state index in [9.17, 15) is 9.59 Å². The zero-order chi connectivity index (χ0) is 12.3. The maximum absolute atomic E-state index is 11.1. The van der Waals surface area contributed by atoms with E-state index in [2.05, 4.69) is 0 Å². The number of carbonyl (C=O) groups excluding carboxylic acids is 2. The van der Waals surface area contributed by atoms with Crippen LogP contribution in [0.15, 0.2) is 18.2 Å². The van der Waals surface area contributed by atoms with E-state index >= 15 is 0 Å². The Morgan fingerprint density at radius 2 is 1.81 bits per heavy atom. The van der Waals surface area contributed by atoms with E-state index in [0.717, 1.165) is 0 Å². The maximum Gasteiger partial charge on any atom is 0.234 e. The van der Waals surface area contributed by atoms with Gasteiger partial charge in [-0.05, 0) is 18.2 Å². The maximum atomic E-state index is 11.1. The fourth-order valence-corrected chi connectivity index (χ4v) is 1.43. The van der Waals surface area contributed by atoms with E-state index in [4.69, 9.17) is 21.9 Å². The van der Waals surface area contributed by atoms with Gasteiger partial charge in [-0.2, -0.15) is 0 Å². The fourth-order valence-electron chi connectivity index (χ4n) is 1.43. The monoisotopic (exact) mass is 223 g/mol. The predicted octanol–water partition coefficient (Wildman–Crippen LogP) is -0.668. The number of benzene rings is 1. The summed E-state index contributed by atoms with van der Waals surface area (Å²) in [7, 11) is 1.41. The van der Waals surface area contributed by atoms with Gasteiger partial charge in [0.25, 0.3) is 0 Å². The highest BCUT2D eigenvalue weighted by Gasteiger charge is 2.27. The van der Waals surface area contributed by atoms with Crippen LogP contribution >= 0.6 is 0 Å². The van der Waals surface area contributed by atoms with Gasteiger partial charge in [0.1, 0.15) is 11.7 Å². The van der Waals surface area contributed by atoms with Gasteiger partial charge in [0.05, 0.1) is 7.11 Å². The average Bonchev–Trinajstić information content (AvgIpc) is 2.17. The van der Waals surface area contributed by atoms with Gasteiger partial charge in [0.2, 0.25) is 11.8 Å². The van der Waals surface area contributed by atoms with Crippen molar-refractivity contribution in [1.29, 1.82) is 0 Å². The molecule has 0 atom stereocenters. The first-order valence-corrected chi connectivity index (χ1v) is 4.49. The molecule has 0 spiro atoms. The van der Waals surface area contributed by atoms with Gasteiger partial charge in [-0.3, -0.25) is 9.59 Å². The predicted molar refractivity (Wildman–Crippen MR) is 58.5 cm³/mol. The molecule has 0 saturated heterocycles. The van der Waals surface area contributed by atoms with Crippen LogP contribution in [0.2, 0.25) is 0 Å². The number of primary amides is 2. The first kappa shape index (κ1) is 11.8. The number of carbonyl (C=O) groups is 2. The van der Waals surface area contributed by atoms with Crippen molar-refractivity contribution in [2.24, 2.45) is 11.5 Å². The van der Waals surface area contributed by atoms with Gasteiger partial charge in [-0.15, -0.1) is 0 Å². The SMILES string of the molecule is COc1ccc(N)cc1C(C(N)=O)C(N)=O. The molecule has 0 fully saturated rings. The lowest BCUT2D eigenvalue weighted by molar-refractivity contribution is -0.128. The molecular formula is C10H13N3O3. The molecule has 1 aromatic carbocycles. The second-order valence-corrected chi connectivity index (χ2v) is 3.24. The third-order valence-electron chi connectivity index (χ3n) is 2.13. The Hall–Kier alpha value is -2.24. The number of nitrogens with two attached hydrogens (primary N) is 3. The third-order valence-corrected chi connectivity index (χ3v) is 2.13. The van der Waals surface area contributed by atoms with E-state index in [1.165, 1.54) is 13.2 Å². The van der Waals surface area contributed by atoms with E-state index in [1.54, 1.807) is 12.1 Å². The van der Waals surface area contributed by atoms with Crippen LogP contribution in [0.4, 0.5) is 5.69 Å². The number of ether oxygens (including phenoxy) is 1. The van der Waals surface area contributed by atoms with Crippen LogP contribution in [0.3, 0.4) is 0 Å². The molecule has 0 aliphatic heterocycles. The molecule has 0 heterocycles. The van der Waals surface area contributed by atoms with Crippen molar-refractivity contribution >= 4 is 17.5 Å². The summed E-state index contributed by atoms with van der Waals surface area (Å²) in [6, 6.07) is 4.57. The standard InChI is InChI=1S/C10H13N3O3/c1-16-7-3-2-5(11)4-6(7)8(9(12)14)10(13)15/h2-4,8H,11H2,1H3,(H2,12,14)(H2,13,15). The fraction of sp³-hybridized carbons (Fsp3) is 0.200. The summed E-state index contributed by atoms with van der Waals surface area (Å²) in [5.41, 5.74) is 16.4. The minimum absolute atomic E-state index is 0.280. The quantitative estimate of drug-likeness (QED) is 0.463. The normalized spacial score (nSPS) is 10.1. The lowest BCUT2D eigenvalue weighted by Gasteiger charge is -2.14. The van der Waals surface area contributed by atoms with E-state index in [-0.39, 0.29) is 5.56 Å². The summed E-state index contributed by atoms with van der Waals surface area (Å²) in [5.74, 6) is -2.57. The highest BCUT2D eigenvalue weighted by molar-refractivity contribution is 6.05. The Morgan fingerprint density at radius 3 is 2.25 bits per heavy atom. The molecule has 6 nitrogen and oxygen atoms in total. The number of rotatable bonds is 4. The van der Waals surface area contributed by atoms with Crippen molar-refractivity contribution in [2.45, 2.75) is 5.92 Å². The Labute approximate surface area is 92.3 Å².